The number of hydrogen-bond donors (Lipinski definition) is 2. The van der Waals surface area contributed by atoms with Crippen molar-refractivity contribution in [2.75, 3.05) is 39.5 Å². The summed E-state index contributed by atoms with van der Waals surface area (Å²) in [5.41, 5.74) is 0. The molecule has 9 heteroatoms. The lowest BCUT2D eigenvalue weighted by Crippen LogP contribution is -2.26. The average Bonchev–Trinajstić information content (AvgIpc) is 2.75. The fourth-order valence-electron chi connectivity index (χ4n) is 2.91. The predicted octanol–water partition coefficient (Wildman–Crippen LogP) is 2.62. The standard InChI is InChI=1S/C21H34N2O6S/c1-2-3-13-27-14-7-11-22-21(24)8-5-4-6-12-23-30(25,26)18-9-10-19-20(17-18)29-16-15-28-19/h9-10,17,23H,2-8,11-16H2,1H3,(H,22,24). The van der Waals surface area contributed by atoms with Crippen LogP contribution in [0.3, 0.4) is 0 Å². The molecule has 0 fully saturated rings. The summed E-state index contributed by atoms with van der Waals surface area (Å²) in [5.74, 6) is 1.03. The Labute approximate surface area is 179 Å². The van der Waals surface area contributed by atoms with Gasteiger partial charge in [-0.2, -0.15) is 0 Å². The first-order valence-corrected chi connectivity index (χ1v) is 12.2. The highest BCUT2D eigenvalue weighted by molar-refractivity contribution is 7.89. The number of benzene rings is 1. The number of rotatable bonds is 15. The third-order valence-electron chi connectivity index (χ3n) is 4.63. The van der Waals surface area contributed by atoms with Crippen LogP contribution in [0.15, 0.2) is 23.1 Å². The summed E-state index contributed by atoms with van der Waals surface area (Å²) in [6.07, 6.45) is 5.63. The monoisotopic (exact) mass is 442 g/mol. The topological polar surface area (TPSA) is 103 Å². The number of sulfonamides is 1. The highest BCUT2D eigenvalue weighted by atomic mass is 32.2. The maximum absolute atomic E-state index is 12.4. The molecule has 0 saturated heterocycles. The maximum Gasteiger partial charge on any atom is 0.240 e. The number of ether oxygens (including phenoxy) is 3. The van der Waals surface area contributed by atoms with Crippen molar-refractivity contribution in [3.05, 3.63) is 18.2 Å². The van der Waals surface area contributed by atoms with Crippen molar-refractivity contribution in [2.45, 2.75) is 56.8 Å². The average molecular weight is 443 g/mol. The smallest absolute Gasteiger partial charge is 0.240 e. The van der Waals surface area contributed by atoms with Gasteiger partial charge in [-0.3, -0.25) is 4.79 Å². The molecule has 0 atom stereocenters. The number of fused-ring (bicyclic) bond motifs is 1. The molecule has 0 aromatic heterocycles. The lowest BCUT2D eigenvalue weighted by molar-refractivity contribution is -0.121. The minimum absolute atomic E-state index is 0.0282. The summed E-state index contributed by atoms with van der Waals surface area (Å²) < 4.78 is 43.7. The number of unbranched alkanes of at least 4 members (excludes halogenated alkanes) is 3. The van der Waals surface area contributed by atoms with Crippen LogP contribution in [0.1, 0.15) is 51.9 Å². The van der Waals surface area contributed by atoms with E-state index in [0.717, 1.165) is 38.7 Å². The van der Waals surface area contributed by atoms with Gasteiger partial charge >= 0.3 is 0 Å². The van der Waals surface area contributed by atoms with Crippen molar-refractivity contribution < 1.29 is 27.4 Å². The van der Waals surface area contributed by atoms with Crippen molar-refractivity contribution >= 4 is 15.9 Å². The molecule has 1 aliphatic heterocycles. The first-order valence-electron chi connectivity index (χ1n) is 10.8. The highest BCUT2D eigenvalue weighted by Crippen LogP contribution is 2.32. The van der Waals surface area contributed by atoms with Gasteiger partial charge in [0.25, 0.3) is 0 Å². The Hall–Kier alpha value is -1.84. The van der Waals surface area contributed by atoms with Crippen LogP contribution < -0.4 is 19.5 Å². The van der Waals surface area contributed by atoms with E-state index in [4.69, 9.17) is 14.2 Å². The molecule has 1 heterocycles. The van der Waals surface area contributed by atoms with Crippen LogP contribution in [0.2, 0.25) is 0 Å². The number of carbonyl (C=O) groups is 1. The molecule has 1 amide bonds. The van der Waals surface area contributed by atoms with Crippen LogP contribution in [0.4, 0.5) is 0 Å². The van der Waals surface area contributed by atoms with Gasteiger partial charge < -0.3 is 19.5 Å². The Morgan fingerprint density at radius 1 is 1.00 bits per heavy atom. The second kappa shape index (κ2) is 13.5. The molecule has 1 aromatic rings. The van der Waals surface area contributed by atoms with Gasteiger partial charge in [-0.15, -0.1) is 0 Å². The molecule has 0 unspecified atom stereocenters. The Kier molecular flexibility index (Phi) is 11.0. The molecule has 1 aliphatic rings. The maximum atomic E-state index is 12.4. The van der Waals surface area contributed by atoms with E-state index in [0.29, 0.717) is 57.3 Å². The van der Waals surface area contributed by atoms with Gasteiger partial charge in [0.15, 0.2) is 11.5 Å². The van der Waals surface area contributed by atoms with E-state index in [1.165, 1.54) is 12.1 Å². The van der Waals surface area contributed by atoms with Crippen LogP contribution in [-0.2, 0) is 19.6 Å². The summed E-state index contributed by atoms with van der Waals surface area (Å²) in [7, 11) is -3.60. The number of nitrogens with one attached hydrogen (secondary N) is 2. The minimum atomic E-state index is -3.60. The molecule has 0 spiro atoms. The molecule has 0 aliphatic carbocycles. The zero-order valence-corrected chi connectivity index (χ0v) is 18.6. The van der Waals surface area contributed by atoms with Crippen molar-refractivity contribution in [3.8, 4) is 11.5 Å². The van der Waals surface area contributed by atoms with Gasteiger partial charge in [0.2, 0.25) is 15.9 Å². The van der Waals surface area contributed by atoms with Crippen LogP contribution in [0.5, 0.6) is 11.5 Å². The lowest BCUT2D eigenvalue weighted by Gasteiger charge is -2.18. The zero-order valence-electron chi connectivity index (χ0n) is 17.8. The zero-order chi connectivity index (χ0) is 21.7. The summed E-state index contributed by atoms with van der Waals surface area (Å²) in [6.45, 7) is 5.40. The fraction of sp³-hybridized carbons (Fsp3) is 0.667. The first kappa shape index (κ1) is 24.4. The number of amides is 1. The van der Waals surface area contributed by atoms with E-state index < -0.39 is 10.0 Å². The molecule has 170 valence electrons. The Morgan fingerprint density at radius 2 is 1.77 bits per heavy atom. The van der Waals surface area contributed by atoms with Crippen LogP contribution >= 0.6 is 0 Å². The SMILES string of the molecule is CCCCOCCCNC(=O)CCCCCNS(=O)(=O)c1ccc2c(c1)OCCO2. The van der Waals surface area contributed by atoms with Crippen LogP contribution in [0.25, 0.3) is 0 Å². The quantitative estimate of drug-likeness (QED) is 0.405. The molecule has 30 heavy (non-hydrogen) atoms. The molecule has 0 radical (unpaired) electrons. The van der Waals surface area contributed by atoms with Crippen molar-refractivity contribution in [2.24, 2.45) is 0 Å². The van der Waals surface area contributed by atoms with Gasteiger partial charge in [0.05, 0.1) is 4.90 Å². The molecule has 8 nitrogen and oxygen atoms in total. The van der Waals surface area contributed by atoms with Gasteiger partial charge in [0.1, 0.15) is 13.2 Å². The minimum Gasteiger partial charge on any atom is -0.486 e. The summed E-state index contributed by atoms with van der Waals surface area (Å²) in [4.78, 5) is 11.9. The number of carbonyl (C=O) groups excluding carboxylic acids is 1. The first-order chi connectivity index (χ1) is 14.5. The molecular weight excluding hydrogens is 408 g/mol. The van der Waals surface area contributed by atoms with E-state index in [-0.39, 0.29) is 10.8 Å². The molecule has 0 saturated carbocycles. The van der Waals surface area contributed by atoms with Crippen LogP contribution in [-0.4, -0.2) is 53.8 Å². The largest absolute Gasteiger partial charge is 0.486 e. The van der Waals surface area contributed by atoms with Crippen molar-refractivity contribution in [1.82, 2.24) is 10.0 Å². The third-order valence-corrected chi connectivity index (χ3v) is 6.09. The van der Waals surface area contributed by atoms with Gasteiger partial charge in [-0.25, -0.2) is 13.1 Å². The molecule has 1 aromatic carbocycles. The molecule has 2 N–H and O–H groups in total. The van der Waals surface area contributed by atoms with E-state index in [2.05, 4.69) is 17.0 Å². The van der Waals surface area contributed by atoms with Crippen molar-refractivity contribution in [3.63, 3.8) is 0 Å². The van der Waals surface area contributed by atoms with E-state index in [9.17, 15) is 13.2 Å². The van der Waals surface area contributed by atoms with Crippen LogP contribution in [0, 0.1) is 0 Å². The van der Waals surface area contributed by atoms with E-state index >= 15 is 0 Å². The summed E-state index contributed by atoms with van der Waals surface area (Å²) in [6, 6.07) is 4.60. The molecule has 0 bridgehead atoms. The van der Waals surface area contributed by atoms with E-state index in [1.54, 1.807) is 6.07 Å². The Bertz CT molecular complexity index is 754. The van der Waals surface area contributed by atoms with Crippen molar-refractivity contribution in [1.29, 1.82) is 0 Å². The second-order valence-corrected chi connectivity index (χ2v) is 8.95. The highest BCUT2D eigenvalue weighted by Gasteiger charge is 2.18. The normalized spacial score (nSPS) is 13.2. The summed E-state index contributed by atoms with van der Waals surface area (Å²) in [5, 5.41) is 2.88. The summed E-state index contributed by atoms with van der Waals surface area (Å²) >= 11 is 0. The molecule has 2 rings (SSSR count). The fourth-order valence-corrected chi connectivity index (χ4v) is 4.00. The lowest BCUT2D eigenvalue weighted by atomic mass is 10.2. The third kappa shape index (κ3) is 8.89. The van der Waals surface area contributed by atoms with Gasteiger partial charge in [0, 0.05) is 38.8 Å². The molecular formula is C21H34N2O6S. The van der Waals surface area contributed by atoms with Gasteiger partial charge in [-0.1, -0.05) is 19.8 Å². The predicted molar refractivity (Wildman–Crippen MR) is 114 cm³/mol. The van der Waals surface area contributed by atoms with Gasteiger partial charge in [-0.05, 0) is 37.8 Å². The Balaban J connectivity index is 1.54. The number of hydrogen-bond acceptors (Lipinski definition) is 6. The second-order valence-electron chi connectivity index (χ2n) is 7.18. The Morgan fingerprint density at radius 3 is 2.57 bits per heavy atom. The van der Waals surface area contributed by atoms with E-state index in [1.807, 2.05) is 0 Å².